The number of hydrogen-bond acceptors (Lipinski definition) is 5. The highest BCUT2D eigenvalue weighted by Crippen LogP contribution is 2.33. The van der Waals surface area contributed by atoms with Crippen LogP contribution in [0.15, 0.2) is 30.6 Å². The molecule has 8 heteroatoms. The van der Waals surface area contributed by atoms with Gasteiger partial charge in [0.1, 0.15) is 5.82 Å². The van der Waals surface area contributed by atoms with Crippen LogP contribution in [0.25, 0.3) is 11.0 Å². The van der Waals surface area contributed by atoms with E-state index in [1.54, 1.807) is 11.6 Å². The molecule has 8 nitrogen and oxygen atoms in total. The second-order valence-electron chi connectivity index (χ2n) is 6.18. The van der Waals surface area contributed by atoms with E-state index in [1.165, 1.54) is 6.33 Å². The summed E-state index contributed by atoms with van der Waals surface area (Å²) in [5, 5.41) is 11.2. The Morgan fingerprint density at radius 1 is 1.38 bits per heavy atom. The minimum atomic E-state index is -0.417. The molecular weight excluding hydrogens is 308 g/mol. The maximum atomic E-state index is 11.2. The molecule has 1 unspecified atom stereocenters. The van der Waals surface area contributed by atoms with E-state index < -0.39 is 4.92 Å². The minimum absolute atomic E-state index is 0.0808. The highest BCUT2D eigenvalue weighted by molar-refractivity contribution is 5.74. The Hall–Kier alpha value is -2.90. The van der Waals surface area contributed by atoms with Gasteiger partial charge in [0, 0.05) is 26.1 Å². The van der Waals surface area contributed by atoms with E-state index in [-0.39, 0.29) is 11.7 Å². The van der Waals surface area contributed by atoms with E-state index >= 15 is 0 Å². The molecule has 0 radical (unpaired) electrons. The zero-order valence-electron chi connectivity index (χ0n) is 13.3. The van der Waals surface area contributed by atoms with Crippen LogP contribution in [0.5, 0.6) is 0 Å². The zero-order chi connectivity index (χ0) is 16.7. The maximum Gasteiger partial charge on any atom is 0.406 e. The van der Waals surface area contributed by atoms with E-state index in [9.17, 15) is 10.1 Å². The quantitative estimate of drug-likeness (QED) is 0.590. The van der Waals surface area contributed by atoms with Crippen molar-refractivity contribution < 1.29 is 4.92 Å². The molecule has 0 bridgehead atoms. The van der Waals surface area contributed by atoms with Crippen molar-refractivity contribution in [2.24, 2.45) is 7.05 Å². The van der Waals surface area contributed by atoms with Gasteiger partial charge in [-0.05, 0) is 34.9 Å². The molecule has 4 rings (SSSR count). The summed E-state index contributed by atoms with van der Waals surface area (Å²) >= 11 is 0. The van der Waals surface area contributed by atoms with Crippen molar-refractivity contribution in [2.45, 2.75) is 18.8 Å². The molecule has 1 N–H and O–H groups in total. The van der Waals surface area contributed by atoms with Gasteiger partial charge in [-0.15, -0.1) is 0 Å². The molecule has 124 valence electrons. The van der Waals surface area contributed by atoms with Gasteiger partial charge in [0.25, 0.3) is 0 Å². The lowest BCUT2D eigenvalue weighted by Gasteiger charge is -2.32. The fourth-order valence-electron chi connectivity index (χ4n) is 3.46. The van der Waals surface area contributed by atoms with E-state index in [4.69, 9.17) is 4.98 Å². The highest BCUT2D eigenvalue weighted by atomic mass is 16.6. The van der Waals surface area contributed by atoms with Crippen LogP contribution in [0.3, 0.4) is 0 Å². The third-order valence-electron chi connectivity index (χ3n) is 4.58. The summed E-state index contributed by atoms with van der Waals surface area (Å²) in [5.41, 5.74) is 1.98. The van der Waals surface area contributed by atoms with Gasteiger partial charge >= 0.3 is 5.82 Å². The summed E-state index contributed by atoms with van der Waals surface area (Å²) in [6.07, 6.45) is 3.48. The number of rotatable bonds is 3. The van der Waals surface area contributed by atoms with Gasteiger partial charge in [0.15, 0.2) is 0 Å². The first-order valence-electron chi connectivity index (χ1n) is 7.99. The van der Waals surface area contributed by atoms with Crippen molar-refractivity contribution in [3.63, 3.8) is 0 Å². The van der Waals surface area contributed by atoms with Crippen LogP contribution in [0.4, 0.5) is 11.6 Å². The van der Waals surface area contributed by atoms with Crippen LogP contribution >= 0.6 is 0 Å². The van der Waals surface area contributed by atoms with Crippen molar-refractivity contribution in [1.82, 2.24) is 19.5 Å². The van der Waals surface area contributed by atoms with Crippen molar-refractivity contribution in [3.8, 4) is 0 Å². The molecule has 1 aromatic carbocycles. The number of fused-ring (bicyclic) bond motifs is 1. The molecule has 3 heterocycles. The monoisotopic (exact) mass is 326 g/mol. The summed E-state index contributed by atoms with van der Waals surface area (Å²) in [6.45, 7) is 1.48. The number of imidazole rings is 2. The SMILES string of the molecule is Cn1cnc([N+](=O)[O-])c1N1CCCC(c2nc3ccccc3[nH]2)C1. The number of nitro groups is 1. The lowest BCUT2D eigenvalue weighted by atomic mass is 9.97. The Morgan fingerprint density at radius 2 is 2.21 bits per heavy atom. The predicted octanol–water partition coefficient (Wildman–Crippen LogP) is 2.59. The number of benzene rings is 1. The number of hydrogen-bond donors (Lipinski definition) is 1. The van der Waals surface area contributed by atoms with Crippen molar-refractivity contribution in [1.29, 1.82) is 0 Å². The number of aromatic nitrogens is 4. The second-order valence-corrected chi connectivity index (χ2v) is 6.18. The fraction of sp³-hybridized carbons (Fsp3) is 0.375. The molecule has 0 saturated carbocycles. The summed E-state index contributed by atoms with van der Waals surface area (Å²) in [4.78, 5) is 24.9. The van der Waals surface area contributed by atoms with Gasteiger partial charge in [-0.3, -0.25) is 4.57 Å². The lowest BCUT2D eigenvalue weighted by molar-refractivity contribution is -0.388. The van der Waals surface area contributed by atoms with Gasteiger partial charge in [-0.1, -0.05) is 12.1 Å². The molecule has 0 spiro atoms. The Kier molecular flexibility index (Phi) is 3.44. The van der Waals surface area contributed by atoms with Crippen molar-refractivity contribution in [2.75, 3.05) is 18.0 Å². The van der Waals surface area contributed by atoms with E-state index in [0.717, 1.165) is 36.2 Å². The number of H-pyrrole nitrogens is 1. The molecule has 1 aliphatic rings. The van der Waals surface area contributed by atoms with Crippen molar-refractivity contribution in [3.05, 3.63) is 46.5 Å². The normalized spacial score (nSPS) is 18.2. The van der Waals surface area contributed by atoms with Gasteiger partial charge in [-0.2, -0.15) is 0 Å². The van der Waals surface area contributed by atoms with Gasteiger partial charge in [-0.25, -0.2) is 4.98 Å². The molecule has 1 saturated heterocycles. The standard InChI is InChI=1S/C16H18N6O2/c1-20-10-17-15(22(23)24)16(20)21-8-4-5-11(9-21)14-18-12-6-2-3-7-13(12)19-14/h2-3,6-7,10-11H,4-5,8-9H2,1H3,(H,18,19). The Bertz CT molecular complexity index is 866. The van der Waals surface area contributed by atoms with Gasteiger partial charge in [0.2, 0.25) is 12.1 Å². The summed E-state index contributed by atoms with van der Waals surface area (Å²) in [6, 6.07) is 7.95. The van der Waals surface area contributed by atoms with Gasteiger partial charge < -0.3 is 20.0 Å². The molecule has 1 aliphatic heterocycles. The van der Waals surface area contributed by atoms with Crippen LogP contribution in [0.2, 0.25) is 0 Å². The van der Waals surface area contributed by atoms with Crippen molar-refractivity contribution >= 4 is 22.7 Å². The predicted molar refractivity (Wildman–Crippen MR) is 90.1 cm³/mol. The van der Waals surface area contributed by atoms with E-state index in [0.29, 0.717) is 12.4 Å². The lowest BCUT2D eigenvalue weighted by Crippen LogP contribution is -2.36. The number of nitrogens with zero attached hydrogens (tertiary/aromatic N) is 5. The van der Waals surface area contributed by atoms with Crippen LogP contribution in [-0.2, 0) is 7.05 Å². The average molecular weight is 326 g/mol. The zero-order valence-corrected chi connectivity index (χ0v) is 13.3. The Morgan fingerprint density at radius 3 is 3.00 bits per heavy atom. The Balaban J connectivity index is 1.64. The fourth-order valence-corrected chi connectivity index (χ4v) is 3.46. The molecule has 1 fully saturated rings. The summed E-state index contributed by atoms with van der Waals surface area (Å²) in [5.74, 6) is 1.66. The van der Waals surface area contributed by atoms with Crippen LogP contribution in [0, 0.1) is 10.1 Å². The molecule has 0 amide bonds. The first-order valence-corrected chi connectivity index (χ1v) is 7.99. The number of nitrogens with one attached hydrogen (secondary N) is 1. The number of aromatic amines is 1. The van der Waals surface area contributed by atoms with Gasteiger partial charge in [0.05, 0.1) is 11.0 Å². The summed E-state index contributed by atoms with van der Waals surface area (Å²) < 4.78 is 1.72. The maximum absolute atomic E-state index is 11.2. The molecule has 0 aliphatic carbocycles. The first-order chi connectivity index (χ1) is 11.6. The third-order valence-corrected chi connectivity index (χ3v) is 4.58. The van der Waals surface area contributed by atoms with Crippen LogP contribution in [0.1, 0.15) is 24.6 Å². The first kappa shape index (κ1) is 14.7. The van der Waals surface area contributed by atoms with E-state index in [2.05, 4.69) is 9.97 Å². The molecule has 24 heavy (non-hydrogen) atoms. The Labute approximate surface area is 138 Å². The van der Waals surface area contributed by atoms with Crippen LogP contribution < -0.4 is 4.90 Å². The highest BCUT2D eigenvalue weighted by Gasteiger charge is 2.31. The van der Waals surface area contributed by atoms with E-state index in [1.807, 2.05) is 29.2 Å². The number of aryl methyl sites for hydroxylation is 1. The topological polar surface area (TPSA) is 92.9 Å². The largest absolute Gasteiger partial charge is 0.406 e. The molecule has 3 aromatic rings. The third kappa shape index (κ3) is 2.40. The number of para-hydroxylation sites is 2. The van der Waals surface area contributed by atoms with Crippen LogP contribution in [-0.4, -0.2) is 37.5 Å². The number of anilines is 1. The smallest absolute Gasteiger partial charge is 0.358 e. The molecule has 2 aromatic heterocycles. The second kappa shape index (κ2) is 5.63. The molecular formula is C16H18N6O2. The summed E-state index contributed by atoms with van der Waals surface area (Å²) in [7, 11) is 1.79. The molecule has 1 atom stereocenters. The minimum Gasteiger partial charge on any atom is -0.358 e. The average Bonchev–Trinajstić information content (AvgIpc) is 3.18. The number of piperidine rings is 1.